The molecular weight excluding hydrogens is 405 g/mol. The number of nitrogens with one attached hydrogen (secondary N) is 1. The summed E-state index contributed by atoms with van der Waals surface area (Å²) in [7, 11) is 2.74. The molecule has 3 amide bonds. The summed E-state index contributed by atoms with van der Waals surface area (Å²) in [6, 6.07) is 10.1. The molecule has 0 radical (unpaired) electrons. The summed E-state index contributed by atoms with van der Waals surface area (Å²) in [4.78, 5) is 44.0. The van der Waals surface area contributed by atoms with Crippen molar-refractivity contribution in [1.29, 1.82) is 0 Å². The van der Waals surface area contributed by atoms with E-state index in [1.54, 1.807) is 31.4 Å². The van der Waals surface area contributed by atoms with Gasteiger partial charge in [-0.25, -0.2) is 14.2 Å². The van der Waals surface area contributed by atoms with E-state index in [9.17, 15) is 18.8 Å². The maximum atomic E-state index is 14.2. The van der Waals surface area contributed by atoms with Crippen LogP contribution in [0.1, 0.15) is 18.1 Å². The van der Waals surface area contributed by atoms with Crippen LogP contribution in [0.25, 0.3) is 0 Å². The van der Waals surface area contributed by atoms with E-state index in [2.05, 4.69) is 10.3 Å². The van der Waals surface area contributed by atoms with E-state index in [1.165, 1.54) is 37.1 Å². The van der Waals surface area contributed by atoms with Crippen molar-refractivity contribution in [3.05, 3.63) is 59.4 Å². The van der Waals surface area contributed by atoms with Crippen molar-refractivity contribution < 1.29 is 28.2 Å². The van der Waals surface area contributed by atoms with Gasteiger partial charge in [-0.05, 0) is 36.8 Å². The van der Waals surface area contributed by atoms with Crippen molar-refractivity contribution in [2.75, 3.05) is 19.1 Å². The Bertz CT molecular complexity index is 1110. The number of esters is 1. The molecule has 0 aliphatic carbocycles. The molecule has 9 heteroatoms. The van der Waals surface area contributed by atoms with Gasteiger partial charge in [0.2, 0.25) is 0 Å². The highest BCUT2D eigenvalue weighted by Crippen LogP contribution is 2.47. The number of fused-ring (bicyclic) bond motifs is 2. The molecule has 4 rings (SSSR count). The number of nitrogens with zero attached hydrogens (tertiary/aromatic N) is 2. The molecule has 0 saturated carbocycles. The van der Waals surface area contributed by atoms with Gasteiger partial charge in [0.1, 0.15) is 17.5 Å². The van der Waals surface area contributed by atoms with E-state index in [-0.39, 0.29) is 17.9 Å². The summed E-state index contributed by atoms with van der Waals surface area (Å²) >= 11 is 0. The van der Waals surface area contributed by atoms with Crippen LogP contribution in [0.3, 0.4) is 0 Å². The first kappa shape index (κ1) is 20.5. The Hall–Kier alpha value is -3.75. The fourth-order valence-corrected chi connectivity index (χ4v) is 4.24. The van der Waals surface area contributed by atoms with E-state index < -0.39 is 35.2 Å². The van der Waals surface area contributed by atoms with Crippen LogP contribution in [-0.4, -0.2) is 37.8 Å². The van der Waals surface area contributed by atoms with Crippen LogP contribution >= 0.6 is 0 Å². The van der Waals surface area contributed by atoms with Gasteiger partial charge >= 0.3 is 12.0 Å². The van der Waals surface area contributed by atoms with Crippen LogP contribution in [0, 0.1) is 11.7 Å². The van der Waals surface area contributed by atoms with Crippen LogP contribution in [0.2, 0.25) is 0 Å². The minimum absolute atomic E-state index is 0.0982. The first-order valence-corrected chi connectivity index (χ1v) is 9.52. The van der Waals surface area contributed by atoms with Crippen molar-refractivity contribution in [3.63, 3.8) is 0 Å². The Balaban J connectivity index is 1.86. The highest BCUT2D eigenvalue weighted by molar-refractivity contribution is 6.20. The van der Waals surface area contributed by atoms with Gasteiger partial charge < -0.3 is 19.7 Å². The monoisotopic (exact) mass is 425 g/mol. The molecule has 31 heavy (non-hydrogen) atoms. The third-order valence-corrected chi connectivity index (χ3v) is 5.63. The fraction of sp³-hybridized carbons (Fsp3) is 0.273. The van der Waals surface area contributed by atoms with Crippen molar-refractivity contribution >= 4 is 29.3 Å². The van der Waals surface area contributed by atoms with Crippen LogP contribution in [0.5, 0.6) is 5.75 Å². The summed E-state index contributed by atoms with van der Waals surface area (Å²) < 4.78 is 24.2. The molecule has 2 atom stereocenters. The number of hydrogen-bond donors (Lipinski definition) is 1. The number of halogens is 1. The van der Waals surface area contributed by atoms with Crippen molar-refractivity contribution in [1.82, 2.24) is 5.32 Å². The first-order valence-electron chi connectivity index (χ1n) is 9.52. The van der Waals surface area contributed by atoms with Gasteiger partial charge in [0.05, 0.1) is 26.5 Å². The average Bonchev–Trinajstić information content (AvgIpc) is 2.95. The normalized spacial score (nSPS) is 22.1. The number of amides is 3. The number of ether oxygens (including phenoxy) is 2. The van der Waals surface area contributed by atoms with E-state index in [1.807, 2.05) is 0 Å². The fourth-order valence-electron chi connectivity index (χ4n) is 4.24. The Morgan fingerprint density at radius 3 is 2.55 bits per heavy atom. The zero-order valence-corrected chi connectivity index (χ0v) is 17.1. The molecule has 0 fully saturated rings. The van der Waals surface area contributed by atoms with E-state index in [0.29, 0.717) is 11.3 Å². The average molecular weight is 425 g/mol. The number of carbonyl (C=O) groups excluding carboxylic acids is 3. The Kier molecular flexibility index (Phi) is 4.96. The quantitative estimate of drug-likeness (QED) is 0.760. The van der Waals surface area contributed by atoms with E-state index in [4.69, 9.17) is 9.47 Å². The van der Waals surface area contributed by atoms with Gasteiger partial charge in [0, 0.05) is 11.3 Å². The third-order valence-electron chi connectivity index (χ3n) is 5.63. The minimum atomic E-state index is -1.77. The molecule has 2 aliphatic heterocycles. The molecule has 1 N–H and O–H groups in total. The highest BCUT2D eigenvalue weighted by Gasteiger charge is 2.62. The largest absolute Gasteiger partial charge is 0.497 e. The summed E-state index contributed by atoms with van der Waals surface area (Å²) in [6.45, 7) is 1.59. The second kappa shape index (κ2) is 7.50. The zero-order chi connectivity index (χ0) is 22.3. The Morgan fingerprint density at radius 2 is 1.90 bits per heavy atom. The van der Waals surface area contributed by atoms with Gasteiger partial charge in [-0.2, -0.15) is 0 Å². The minimum Gasteiger partial charge on any atom is -0.497 e. The standard InChI is InChI=1S/C22H20FN3O5/c1-12-18(19(27)31-3)22(25-21(29)24-12)16-9-6-14(23)10-17(16)26(20(22)28)11-13-4-7-15(30-2)8-5-13/h4-10,18H,11H2,1-3H3,(H,25,29). The number of aliphatic imine (C=N–C) groups is 1. The lowest BCUT2D eigenvalue weighted by Crippen LogP contribution is -2.63. The molecule has 0 aromatic heterocycles. The summed E-state index contributed by atoms with van der Waals surface area (Å²) in [5, 5.41) is 2.59. The lowest BCUT2D eigenvalue weighted by atomic mass is 9.75. The Labute approximate surface area is 177 Å². The van der Waals surface area contributed by atoms with Crippen LogP contribution in [-0.2, 0) is 26.4 Å². The van der Waals surface area contributed by atoms with Crippen LogP contribution in [0.4, 0.5) is 14.9 Å². The molecule has 2 heterocycles. The maximum Gasteiger partial charge on any atom is 0.342 e. The van der Waals surface area contributed by atoms with Crippen molar-refractivity contribution in [3.8, 4) is 5.75 Å². The number of benzene rings is 2. The van der Waals surface area contributed by atoms with Gasteiger partial charge in [-0.3, -0.25) is 9.59 Å². The lowest BCUT2D eigenvalue weighted by molar-refractivity contribution is -0.148. The second-order valence-electron chi connectivity index (χ2n) is 7.35. The van der Waals surface area contributed by atoms with E-state index in [0.717, 1.165) is 5.56 Å². The molecule has 160 valence electrons. The lowest BCUT2D eigenvalue weighted by Gasteiger charge is -2.37. The molecular formula is C22H20FN3O5. The molecule has 2 aromatic rings. The number of methoxy groups -OCH3 is 2. The highest BCUT2D eigenvalue weighted by atomic mass is 19.1. The number of hydrogen-bond acceptors (Lipinski definition) is 5. The molecule has 0 bridgehead atoms. The Morgan fingerprint density at radius 1 is 1.19 bits per heavy atom. The molecule has 2 aromatic carbocycles. The number of anilines is 1. The van der Waals surface area contributed by atoms with Gasteiger partial charge in [-0.1, -0.05) is 18.2 Å². The maximum absolute atomic E-state index is 14.2. The summed E-state index contributed by atoms with van der Waals surface area (Å²) in [5.41, 5.74) is -0.296. The van der Waals surface area contributed by atoms with Crippen LogP contribution in [0.15, 0.2) is 47.5 Å². The molecule has 2 aliphatic rings. The topological polar surface area (TPSA) is 97.3 Å². The first-order chi connectivity index (χ1) is 14.8. The predicted octanol–water partition coefficient (Wildman–Crippen LogP) is 2.55. The smallest absolute Gasteiger partial charge is 0.342 e. The number of carbonyl (C=O) groups is 3. The number of urea groups is 1. The van der Waals surface area contributed by atoms with Crippen molar-refractivity contribution in [2.45, 2.75) is 19.0 Å². The molecule has 8 nitrogen and oxygen atoms in total. The third kappa shape index (κ3) is 3.13. The number of rotatable bonds is 4. The van der Waals surface area contributed by atoms with Gasteiger partial charge in [0.15, 0.2) is 5.54 Å². The summed E-state index contributed by atoms with van der Waals surface area (Å²) in [6.07, 6.45) is 0. The predicted molar refractivity (Wildman–Crippen MR) is 109 cm³/mol. The van der Waals surface area contributed by atoms with Crippen molar-refractivity contribution in [2.24, 2.45) is 10.9 Å². The van der Waals surface area contributed by atoms with Crippen LogP contribution < -0.4 is 15.0 Å². The SMILES string of the molecule is COC(=O)C1C(C)=NC(=O)NC12C(=O)N(Cc1ccc(OC)cc1)c1cc(F)ccc12. The van der Waals surface area contributed by atoms with E-state index >= 15 is 0 Å². The summed E-state index contributed by atoms with van der Waals surface area (Å²) in [5.74, 6) is -2.38. The molecule has 2 unspecified atom stereocenters. The van der Waals surface area contributed by atoms with Gasteiger partial charge in [-0.15, -0.1) is 0 Å². The zero-order valence-electron chi connectivity index (χ0n) is 17.1. The molecule has 1 spiro atoms. The van der Waals surface area contributed by atoms with Gasteiger partial charge in [0.25, 0.3) is 5.91 Å². The molecule has 0 saturated heterocycles. The second-order valence-corrected chi connectivity index (χ2v) is 7.35.